The molecule has 5 heteroatoms. The van der Waals surface area contributed by atoms with Crippen molar-refractivity contribution in [2.24, 2.45) is 0 Å². The molecule has 0 aliphatic carbocycles. The number of amides is 1. The number of hydrogen-bond donors (Lipinski definition) is 2. The number of halogens is 1. The second-order valence-electron chi connectivity index (χ2n) is 3.28. The number of carbonyl (C=O) groups is 2. The Morgan fingerprint density at radius 1 is 1.53 bits per heavy atom. The first-order valence-corrected chi connectivity index (χ1v) is 5.85. The molecule has 1 atom stereocenters. The Kier molecular flexibility index (Phi) is 4.97. The summed E-state index contributed by atoms with van der Waals surface area (Å²) >= 11 is 2.07. The molecule has 1 unspecified atom stereocenters. The van der Waals surface area contributed by atoms with Crippen molar-refractivity contribution in [3.63, 3.8) is 0 Å². The summed E-state index contributed by atoms with van der Waals surface area (Å²) in [4.78, 5) is 22.6. The van der Waals surface area contributed by atoms with E-state index in [4.69, 9.17) is 11.5 Å². The number of carbonyl (C=O) groups excluding carboxylic acids is 1. The lowest BCUT2D eigenvalue weighted by Crippen LogP contribution is -2.40. The number of nitrogens with one attached hydrogen (secondary N) is 1. The van der Waals surface area contributed by atoms with Gasteiger partial charge in [-0.05, 0) is 40.8 Å². The maximum absolute atomic E-state index is 11.7. The molecule has 0 saturated heterocycles. The lowest BCUT2D eigenvalue weighted by atomic mass is 10.1. The number of benzene rings is 1. The molecule has 1 aromatic carbocycles. The highest BCUT2D eigenvalue weighted by Crippen LogP contribution is 2.08. The van der Waals surface area contributed by atoms with Gasteiger partial charge in [0.15, 0.2) is 0 Å². The second kappa shape index (κ2) is 6.25. The predicted octanol–water partition coefficient (Wildman–Crippen LogP) is 1.50. The van der Waals surface area contributed by atoms with Crippen molar-refractivity contribution in [3.8, 4) is 12.3 Å². The van der Waals surface area contributed by atoms with Crippen LogP contribution in [0.25, 0.3) is 0 Å². The SMILES string of the molecule is C#CCC(NC(=O)c1cccc(I)c1)C(=O)O. The van der Waals surface area contributed by atoms with Crippen LogP contribution in [0.15, 0.2) is 24.3 Å². The Bertz CT molecular complexity index is 479. The normalized spacial score (nSPS) is 11.3. The van der Waals surface area contributed by atoms with Crippen LogP contribution < -0.4 is 5.32 Å². The van der Waals surface area contributed by atoms with E-state index in [1.54, 1.807) is 18.2 Å². The van der Waals surface area contributed by atoms with E-state index in [9.17, 15) is 9.59 Å². The van der Waals surface area contributed by atoms with Crippen molar-refractivity contribution in [2.45, 2.75) is 12.5 Å². The number of hydrogen-bond acceptors (Lipinski definition) is 2. The quantitative estimate of drug-likeness (QED) is 0.643. The van der Waals surface area contributed by atoms with Gasteiger partial charge in [0.1, 0.15) is 6.04 Å². The van der Waals surface area contributed by atoms with Crippen LogP contribution in [-0.4, -0.2) is 23.0 Å². The van der Waals surface area contributed by atoms with Crippen LogP contribution in [0.2, 0.25) is 0 Å². The van der Waals surface area contributed by atoms with Gasteiger partial charge in [-0.2, -0.15) is 0 Å². The molecule has 88 valence electrons. The molecule has 1 amide bonds. The molecule has 0 bridgehead atoms. The van der Waals surface area contributed by atoms with Gasteiger partial charge in [-0.3, -0.25) is 4.79 Å². The first kappa shape index (κ1) is 13.5. The highest BCUT2D eigenvalue weighted by atomic mass is 127. The van der Waals surface area contributed by atoms with E-state index in [1.807, 2.05) is 6.07 Å². The molecule has 0 heterocycles. The maximum atomic E-state index is 11.7. The largest absolute Gasteiger partial charge is 0.480 e. The van der Waals surface area contributed by atoms with E-state index >= 15 is 0 Å². The molecule has 0 fully saturated rings. The molecule has 0 spiro atoms. The van der Waals surface area contributed by atoms with Gasteiger partial charge in [0, 0.05) is 15.6 Å². The number of rotatable bonds is 4. The maximum Gasteiger partial charge on any atom is 0.327 e. The van der Waals surface area contributed by atoms with Gasteiger partial charge in [-0.25, -0.2) is 4.79 Å². The highest BCUT2D eigenvalue weighted by molar-refractivity contribution is 14.1. The second-order valence-corrected chi connectivity index (χ2v) is 4.53. The number of terminal acetylenes is 1. The Morgan fingerprint density at radius 2 is 2.24 bits per heavy atom. The standard InChI is InChI=1S/C12H10INO3/c1-2-4-10(12(16)17)14-11(15)8-5-3-6-9(13)7-8/h1,3,5-7,10H,4H2,(H,14,15)(H,16,17). The third-order valence-electron chi connectivity index (χ3n) is 2.01. The van der Waals surface area contributed by atoms with Crippen LogP contribution in [0.4, 0.5) is 0 Å². The Labute approximate surface area is 113 Å². The van der Waals surface area contributed by atoms with Crippen molar-refractivity contribution in [3.05, 3.63) is 33.4 Å². The van der Waals surface area contributed by atoms with Crippen molar-refractivity contribution in [1.29, 1.82) is 0 Å². The molecule has 0 aromatic heterocycles. The van der Waals surface area contributed by atoms with E-state index < -0.39 is 17.9 Å². The van der Waals surface area contributed by atoms with Crippen molar-refractivity contribution < 1.29 is 14.7 Å². The van der Waals surface area contributed by atoms with Crippen molar-refractivity contribution in [1.82, 2.24) is 5.32 Å². The molecule has 0 aliphatic heterocycles. The minimum Gasteiger partial charge on any atom is -0.480 e. The first-order chi connectivity index (χ1) is 8.04. The number of aliphatic carboxylic acids is 1. The molecule has 0 radical (unpaired) electrons. The lowest BCUT2D eigenvalue weighted by molar-refractivity contribution is -0.139. The zero-order valence-electron chi connectivity index (χ0n) is 8.81. The van der Waals surface area contributed by atoms with Gasteiger partial charge >= 0.3 is 5.97 Å². The van der Waals surface area contributed by atoms with Crippen LogP contribution in [0, 0.1) is 15.9 Å². The van der Waals surface area contributed by atoms with Gasteiger partial charge in [0.2, 0.25) is 0 Å². The molecular weight excluding hydrogens is 333 g/mol. The summed E-state index contributed by atoms with van der Waals surface area (Å²) in [6, 6.07) is 5.81. The fourth-order valence-electron chi connectivity index (χ4n) is 1.19. The highest BCUT2D eigenvalue weighted by Gasteiger charge is 2.19. The number of carboxylic acids is 1. The van der Waals surface area contributed by atoms with Crippen LogP contribution in [0.1, 0.15) is 16.8 Å². The third kappa shape index (κ3) is 4.07. The Morgan fingerprint density at radius 3 is 2.76 bits per heavy atom. The Balaban J connectivity index is 2.78. The Hall–Kier alpha value is -1.55. The van der Waals surface area contributed by atoms with Gasteiger partial charge < -0.3 is 10.4 Å². The zero-order chi connectivity index (χ0) is 12.8. The summed E-state index contributed by atoms with van der Waals surface area (Å²) in [6.45, 7) is 0. The summed E-state index contributed by atoms with van der Waals surface area (Å²) in [5, 5.41) is 11.2. The molecule has 1 rings (SSSR count). The summed E-state index contributed by atoms with van der Waals surface area (Å²) in [6.07, 6.45) is 5.00. The van der Waals surface area contributed by atoms with Crippen molar-refractivity contribution >= 4 is 34.5 Å². The molecule has 0 aliphatic rings. The molecule has 2 N–H and O–H groups in total. The van der Waals surface area contributed by atoms with Gasteiger partial charge in [0.05, 0.1) is 0 Å². The average molecular weight is 343 g/mol. The fourth-order valence-corrected chi connectivity index (χ4v) is 1.73. The predicted molar refractivity (Wildman–Crippen MR) is 71.5 cm³/mol. The van der Waals surface area contributed by atoms with E-state index in [2.05, 4.69) is 33.8 Å². The van der Waals surface area contributed by atoms with Crippen LogP contribution >= 0.6 is 22.6 Å². The molecule has 4 nitrogen and oxygen atoms in total. The van der Waals surface area contributed by atoms with Gasteiger partial charge in [-0.15, -0.1) is 12.3 Å². The molecule has 1 aromatic rings. The van der Waals surface area contributed by atoms with E-state index in [-0.39, 0.29) is 6.42 Å². The summed E-state index contributed by atoms with van der Waals surface area (Å²) in [5.74, 6) is 0.644. The summed E-state index contributed by atoms with van der Waals surface area (Å²) < 4.78 is 0.902. The van der Waals surface area contributed by atoms with E-state index in [1.165, 1.54) is 0 Å². The first-order valence-electron chi connectivity index (χ1n) is 4.77. The van der Waals surface area contributed by atoms with Crippen molar-refractivity contribution in [2.75, 3.05) is 0 Å². The zero-order valence-corrected chi connectivity index (χ0v) is 11.0. The average Bonchev–Trinajstić information content (AvgIpc) is 2.28. The topological polar surface area (TPSA) is 66.4 Å². The van der Waals surface area contributed by atoms with Crippen LogP contribution in [0.3, 0.4) is 0 Å². The number of carboxylic acid groups (broad SMARTS) is 1. The summed E-state index contributed by atoms with van der Waals surface area (Å²) in [7, 11) is 0. The van der Waals surface area contributed by atoms with E-state index in [0.29, 0.717) is 5.56 Å². The third-order valence-corrected chi connectivity index (χ3v) is 2.68. The fraction of sp³-hybridized carbons (Fsp3) is 0.167. The van der Waals surface area contributed by atoms with E-state index in [0.717, 1.165) is 3.57 Å². The van der Waals surface area contributed by atoms with Crippen LogP contribution in [0.5, 0.6) is 0 Å². The van der Waals surface area contributed by atoms with Gasteiger partial charge in [-0.1, -0.05) is 6.07 Å². The minimum absolute atomic E-state index is 0.0367. The molecular formula is C12H10INO3. The molecule has 17 heavy (non-hydrogen) atoms. The smallest absolute Gasteiger partial charge is 0.327 e. The minimum atomic E-state index is -1.14. The van der Waals surface area contributed by atoms with Gasteiger partial charge in [0.25, 0.3) is 5.91 Å². The summed E-state index contributed by atoms with van der Waals surface area (Å²) in [5.41, 5.74) is 0.417. The van der Waals surface area contributed by atoms with Crippen LogP contribution in [-0.2, 0) is 4.79 Å². The lowest BCUT2D eigenvalue weighted by Gasteiger charge is -2.11. The monoisotopic (exact) mass is 343 g/mol. The molecule has 0 saturated carbocycles.